The van der Waals surface area contributed by atoms with E-state index in [4.69, 9.17) is 0 Å². The fourth-order valence-electron chi connectivity index (χ4n) is 1.91. The Hall–Kier alpha value is -1.29. The normalized spacial score (nSPS) is 15.6. The largest absolute Gasteiger partial charge is 0.507 e. The number of carbonyl (C=O) groups is 1. The van der Waals surface area contributed by atoms with Crippen LogP contribution >= 0.6 is 15.9 Å². The maximum Gasteiger partial charge on any atom is 0.254 e. The Bertz CT molecular complexity index is 482. The van der Waals surface area contributed by atoms with E-state index < -0.39 is 0 Å². The summed E-state index contributed by atoms with van der Waals surface area (Å²) < 4.78 is 0.601. The van der Waals surface area contributed by atoms with Crippen LogP contribution in [0.1, 0.15) is 23.7 Å². The van der Waals surface area contributed by atoms with Crippen LogP contribution in [0.25, 0.3) is 0 Å². The Labute approximate surface area is 109 Å². The van der Waals surface area contributed by atoms with Crippen LogP contribution in [-0.4, -0.2) is 29.0 Å². The number of aromatic hydroxyl groups is 1. The van der Waals surface area contributed by atoms with Crippen molar-refractivity contribution in [1.29, 1.82) is 0 Å². The lowest BCUT2D eigenvalue weighted by Gasteiger charge is -2.26. The van der Waals surface area contributed by atoms with E-state index in [1.165, 1.54) is 11.6 Å². The van der Waals surface area contributed by atoms with Crippen molar-refractivity contribution >= 4 is 21.8 Å². The first kappa shape index (κ1) is 12.2. The molecule has 1 N–H and O–H groups in total. The fraction of sp³-hybridized carbons (Fsp3) is 0.308. The van der Waals surface area contributed by atoms with E-state index in [-0.39, 0.29) is 11.7 Å². The van der Waals surface area contributed by atoms with E-state index in [9.17, 15) is 9.90 Å². The van der Waals surface area contributed by atoms with Gasteiger partial charge in [0.2, 0.25) is 0 Å². The lowest BCUT2D eigenvalue weighted by molar-refractivity contribution is 0.0765. The first-order valence-corrected chi connectivity index (χ1v) is 6.30. The minimum atomic E-state index is -0.0275. The number of phenols is 1. The molecule has 2 rings (SSSR count). The molecule has 0 radical (unpaired) electrons. The van der Waals surface area contributed by atoms with Crippen molar-refractivity contribution in [2.24, 2.45) is 0 Å². The Kier molecular flexibility index (Phi) is 3.52. The van der Waals surface area contributed by atoms with Crippen molar-refractivity contribution in [3.05, 3.63) is 39.9 Å². The highest BCUT2D eigenvalue weighted by molar-refractivity contribution is 9.10. The van der Waals surface area contributed by atoms with Gasteiger partial charge in [-0.15, -0.1) is 0 Å². The average molecular weight is 296 g/mol. The summed E-state index contributed by atoms with van der Waals surface area (Å²) in [5, 5.41) is 9.57. The van der Waals surface area contributed by atoms with Crippen LogP contribution in [0.4, 0.5) is 0 Å². The van der Waals surface area contributed by atoms with Gasteiger partial charge in [0.15, 0.2) is 0 Å². The van der Waals surface area contributed by atoms with Gasteiger partial charge in [0.1, 0.15) is 5.75 Å². The van der Waals surface area contributed by atoms with E-state index in [0.717, 1.165) is 13.0 Å². The van der Waals surface area contributed by atoms with Crippen LogP contribution in [0.15, 0.2) is 34.3 Å². The molecule has 0 unspecified atom stereocenters. The molecule has 0 fully saturated rings. The molecule has 0 saturated heterocycles. The summed E-state index contributed by atoms with van der Waals surface area (Å²) >= 11 is 3.20. The van der Waals surface area contributed by atoms with Crippen LogP contribution < -0.4 is 0 Å². The third kappa shape index (κ3) is 2.69. The van der Waals surface area contributed by atoms with Gasteiger partial charge in [-0.1, -0.05) is 11.6 Å². The molecule has 1 aromatic carbocycles. The van der Waals surface area contributed by atoms with Crippen molar-refractivity contribution in [2.75, 3.05) is 13.1 Å². The van der Waals surface area contributed by atoms with E-state index in [1.807, 2.05) is 6.92 Å². The summed E-state index contributed by atoms with van der Waals surface area (Å²) in [7, 11) is 0. The summed E-state index contributed by atoms with van der Waals surface area (Å²) in [6.07, 6.45) is 3.06. The van der Waals surface area contributed by atoms with Crippen LogP contribution in [0.5, 0.6) is 5.75 Å². The second kappa shape index (κ2) is 4.92. The second-order valence-electron chi connectivity index (χ2n) is 4.23. The lowest BCUT2D eigenvalue weighted by Crippen LogP contribution is -2.35. The number of rotatable bonds is 1. The Morgan fingerprint density at radius 1 is 1.47 bits per heavy atom. The molecule has 90 valence electrons. The molecule has 17 heavy (non-hydrogen) atoms. The van der Waals surface area contributed by atoms with Crippen LogP contribution in [-0.2, 0) is 0 Å². The smallest absolute Gasteiger partial charge is 0.254 e. The van der Waals surface area contributed by atoms with Crippen LogP contribution in [0.2, 0.25) is 0 Å². The highest BCUT2D eigenvalue weighted by Gasteiger charge is 2.18. The van der Waals surface area contributed by atoms with Gasteiger partial charge in [0.05, 0.1) is 4.47 Å². The van der Waals surface area contributed by atoms with E-state index in [2.05, 4.69) is 22.0 Å². The molecule has 4 heteroatoms. The Balaban J connectivity index is 2.19. The quantitative estimate of drug-likeness (QED) is 0.809. The highest BCUT2D eigenvalue weighted by Crippen LogP contribution is 2.25. The zero-order valence-electron chi connectivity index (χ0n) is 9.61. The van der Waals surface area contributed by atoms with Gasteiger partial charge in [-0.05, 0) is 47.5 Å². The van der Waals surface area contributed by atoms with Crippen molar-refractivity contribution in [3.8, 4) is 5.75 Å². The van der Waals surface area contributed by atoms with Crippen LogP contribution in [0.3, 0.4) is 0 Å². The van der Waals surface area contributed by atoms with Gasteiger partial charge >= 0.3 is 0 Å². The number of hydrogen-bond donors (Lipinski definition) is 1. The molecular weight excluding hydrogens is 282 g/mol. The monoisotopic (exact) mass is 295 g/mol. The minimum Gasteiger partial charge on any atom is -0.507 e. The SMILES string of the molecule is CC1=CCCN(C(=O)c2ccc(Br)c(O)c2)C1. The molecule has 0 saturated carbocycles. The van der Waals surface area contributed by atoms with Crippen LogP contribution in [0, 0.1) is 0 Å². The molecular formula is C13H14BrNO2. The number of nitrogens with zero attached hydrogens (tertiary/aromatic N) is 1. The predicted molar refractivity (Wildman–Crippen MR) is 70.1 cm³/mol. The van der Waals surface area contributed by atoms with Gasteiger partial charge in [0, 0.05) is 18.7 Å². The maximum absolute atomic E-state index is 12.2. The van der Waals surface area contributed by atoms with Crippen molar-refractivity contribution < 1.29 is 9.90 Å². The zero-order chi connectivity index (χ0) is 12.4. The molecule has 0 aliphatic carbocycles. The van der Waals surface area contributed by atoms with Gasteiger partial charge in [0.25, 0.3) is 5.91 Å². The van der Waals surface area contributed by atoms with Gasteiger partial charge in [-0.3, -0.25) is 4.79 Å². The van der Waals surface area contributed by atoms with E-state index >= 15 is 0 Å². The molecule has 1 aromatic rings. The first-order chi connectivity index (χ1) is 8.08. The fourth-order valence-corrected chi connectivity index (χ4v) is 2.16. The molecule has 1 aliphatic heterocycles. The molecule has 3 nitrogen and oxygen atoms in total. The summed E-state index contributed by atoms with van der Waals surface area (Å²) in [4.78, 5) is 14.0. The molecule has 0 spiro atoms. The number of carbonyl (C=O) groups excluding carboxylic acids is 1. The lowest BCUT2D eigenvalue weighted by atomic mass is 10.1. The topological polar surface area (TPSA) is 40.5 Å². The van der Waals surface area contributed by atoms with Crippen molar-refractivity contribution in [1.82, 2.24) is 4.90 Å². The van der Waals surface area contributed by atoms with Crippen molar-refractivity contribution in [3.63, 3.8) is 0 Å². The van der Waals surface area contributed by atoms with Gasteiger partial charge in [-0.2, -0.15) is 0 Å². The Morgan fingerprint density at radius 2 is 2.24 bits per heavy atom. The second-order valence-corrected chi connectivity index (χ2v) is 5.09. The maximum atomic E-state index is 12.2. The van der Waals surface area contributed by atoms with Crippen molar-refractivity contribution in [2.45, 2.75) is 13.3 Å². The number of benzene rings is 1. The summed E-state index contributed by atoms with van der Waals surface area (Å²) in [5.74, 6) is 0.0698. The highest BCUT2D eigenvalue weighted by atomic mass is 79.9. The number of phenolic OH excluding ortho intramolecular Hbond substituents is 1. The first-order valence-electron chi connectivity index (χ1n) is 5.51. The minimum absolute atomic E-state index is 0.0275. The summed E-state index contributed by atoms with van der Waals surface area (Å²) in [5.41, 5.74) is 1.74. The van der Waals surface area contributed by atoms with E-state index in [1.54, 1.807) is 17.0 Å². The Morgan fingerprint density at radius 3 is 2.88 bits per heavy atom. The summed E-state index contributed by atoms with van der Waals surface area (Å²) in [6, 6.07) is 4.91. The number of amides is 1. The number of hydrogen-bond acceptors (Lipinski definition) is 2. The third-order valence-corrected chi connectivity index (χ3v) is 3.48. The van der Waals surface area contributed by atoms with Gasteiger partial charge in [-0.25, -0.2) is 0 Å². The third-order valence-electron chi connectivity index (χ3n) is 2.81. The van der Waals surface area contributed by atoms with E-state index in [0.29, 0.717) is 16.6 Å². The molecule has 1 aliphatic rings. The molecule has 1 amide bonds. The molecule has 1 heterocycles. The molecule has 0 aromatic heterocycles. The van der Waals surface area contributed by atoms with Gasteiger partial charge < -0.3 is 10.0 Å². The number of halogens is 1. The standard InChI is InChI=1S/C13H14BrNO2/c1-9-3-2-6-15(8-9)13(17)10-4-5-11(14)12(16)7-10/h3-5,7,16H,2,6,8H2,1H3. The predicted octanol–water partition coefficient (Wildman–Crippen LogP) is 2.95. The molecule has 0 bridgehead atoms. The summed E-state index contributed by atoms with van der Waals surface area (Å²) in [6.45, 7) is 3.45. The molecule has 0 atom stereocenters. The average Bonchev–Trinajstić information content (AvgIpc) is 2.32. The zero-order valence-corrected chi connectivity index (χ0v) is 11.2.